The lowest BCUT2D eigenvalue weighted by atomic mass is 10.1. The third-order valence-corrected chi connectivity index (χ3v) is 4.29. The summed E-state index contributed by atoms with van der Waals surface area (Å²) in [5, 5.41) is 8.51. The molecule has 2 aromatic carbocycles. The van der Waals surface area contributed by atoms with Gasteiger partial charge in [0.2, 0.25) is 0 Å². The van der Waals surface area contributed by atoms with Crippen molar-refractivity contribution in [1.82, 2.24) is 15.0 Å². The molecule has 128 valence electrons. The van der Waals surface area contributed by atoms with Crippen molar-refractivity contribution in [2.45, 2.75) is 19.7 Å². The molecule has 1 atom stereocenters. The fraction of sp³-hybridized carbons (Fsp3) is 0.263. The predicted octanol–water partition coefficient (Wildman–Crippen LogP) is 3.31. The molecule has 4 rings (SSSR count). The molecule has 0 radical (unpaired) electrons. The van der Waals surface area contributed by atoms with Crippen molar-refractivity contribution in [3.63, 3.8) is 0 Å². The van der Waals surface area contributed by atoms with E-state index < -0.39 is 0 Å². The van der Waals surface area contributed by atoms with Crippen LogP contribution in [-0.4, -0.2) is 28.1 Å². The molecule has 0 bridgehead atoms. The second-order valence-electron chi connectivity index (χ2n) is 6.22. The molecule has 2 heterocycles. The highest BCUT2D eigenvalue weighted by atomic mass is 19.1. The third-order valence-electron chi connectivity index (χ3n) is 4.29. The molecule has 0 amide bonds. The smallest absolute Gasteiger partial charge is 0.177 e. The average Bonchev–Trinajstić information content (AvgIpc) is 3.24. The SMILES string of the molecule is Cc1cccc(Cn2cc([C@@H]3OCCN3c3ccc(F)cc3)nn2)c1. The number of aryl methyl sites for hydroxylation is 1. The third kappa shape index (κ3) is 3.39. The van der Waals surface area contributed by atoms with Gasteiger partial charge in [0.05, 0.1) is 19.3 Å². The average molecular weight is 338 g/mol. The number of hydrogen-bond donors (Lipinski definition) is 0. The van der Waals surface area contributed by atoms with Crippen LogP contribution in [0, 0.1) is 12.7 Å². The highest BCUT2D eigenvalue weighted by Gasteiger charge is 2.29. The Bertz CT molecular complexity index is 862. The van der Waals surface area contributed by atoms with Crippen LogP contribution in [0.1, 0.15) is 23.0 Å². The van der Waals surface area contributed by atoms with Gasteiger partial charge < -0.3 is 9.64 Å². The lowest BCUT2D eigenvalue weighted by Crippen LogP contribution is -2.23. The van der Waals surface area contributed by atoms with Gasteiger partial charge in [-0.1, -0.05) is 35.0 Å². The van der Waals surface area contributed by atoms with Gasteiger partial charge in [-0.2, -0.15) is 0 Å². The number of hydrogen-bond acceptors (Lipinski definition) is 4. The molecule has 1 saturated heterocycles. The number of nitrogens with zero attached hydrogens (tertiary/aromatic N) is 4. The van der Waals surface area contributed by atoms with Crippen molar-refractivity contribution < 1.29 is 9.13 Å². The highest BCUT2D eigenvalue weighted by molar-refractivity contribution is 5.48. The van der Waals surface area contributed by atoms with E-state index in [9.17, 15) is 4.39 Å². The zero-order valence-electron chi connectivity index (χ0n) is 14.0. The molecule has 0 N–H and O–H groups in total. The first-order valence-corrected chi connectivity index (χ1v) is 8.28. The standard InChI is InChI=1S/C19H19FN4O/c1-14-3-2-4-15(11-14)12-23-13-18(21-22-23)19-24(9-10-25-19)17-7-5-16(20)6-8-17/h2-8,11,13,19H,9-10,12H2,1H3/t19-/m0/s1. The Balaban J connectivity index is 1.53. The molecule has 0 aliphatic carbocycles. The lowest BCUT2D eigenvalue weighted by molar-refractivity contribution is 0.110. The molecule has 6 heteroatoms. The quantitative estimate of drug-likeness (QED) is 0.732. The Labute approximate surface area is 145 Å². The normalized spacial score (nSPS) is 17.2. The first-order chi connectivity index (χ1) is 12.2. The molecule has 1 fully saturated rings. The number of ether oxygens (including phenoxy) is 1. The van der Waals surface area contributed by atoms with Gasteiger partial charge in [0.25, 0.3) is 0 Å². The molecule has 3 aromatic rings. The first-order valence-electron chi connectivity index (χ1n) is 8.28. The summed E-state index contributed by atoms with van der Waals surface area (Å²) in [5.74, 6) is -0.246. The minimum atomic E-state index is -0.295. The predicted molar refractivity (Wildman–Crippen MR) is 92.7 cm³/mol. The maximum atomic E-state index is 13.2. The topological polar surface area (TPSA) is 43.2 Å². The number of benzene rings is 2. The van der Waals surface area contributed by atoms with E-state index in [1.807, 2.05) is 16.9 Å². The van der Waals surface area contributed by atoms with E-state index in [0.717, 1.165) is 17.9 Å². The molecule has 0 unspecified atom stereocenters. The second-order valence-corrected chi connectivity index (χ2v) is 6.22. The van der Waals surface area contributed by atoms with Crippen LogP contribution in [0.3, 0.4) is 0 Å². The van der Waals surface area contributed by atoms with Crippen molar-refractivity contribution >= 4 is 5.69 Å². The minimum absolute atomic E-state index is 0.246. The molecular weight excluding hydrogens is 319 g/mol. The number of rotatable bonds is 4. The monoisotopic (exact) mass is 338 g/mol. The summed E-state index contributed by atoms with van der Waals surface area (Å²) in [5.41, 5.74) is 4.07. The fourth-order valence-corrected chi connectivity index (χ4v) is 3.11. The van der Waals surface area contributed by atoms with E-state index in [1.54, 1.807) is 12.1 Å². The summed E-state index contributed by atoms with van der Waals surface area (Å²) >= 11 is 0. The first kappa shape index (κ1) is 15.8. The molecule has 1 aromatic heterocycles. The Kier molecular flexibility index (Phi) is 4.19. The number of aromatic nitrogens is 3. The molecule has 5 nitrogen and oxygen atoms in total. The Morgan fingerprint density at radius 2 is 2.04 bits per heavy atom. The zero-order chi connectivity index (χ0) is 17.2. The van der Waals surface area contributed by atoms with Crippen molar-refractivity contribution in [2.24, 2.45) is 0 Å². The Hall–Kier alpha value is -2.73. The van der Waals surface area contributed by atoms with Crippen molar-refractivity contribution in [3.05, 3.63) is 77.4 Å². The lowest BCUT2D eigenvalue weighted by Gasteiger charge is -2.23. The summed E-state index contributed by atoms with van der Waals surface area (Å²) < 4.78 is 20.8. The van der Waals surface area contributed by atoms with E-state index in [2.05, 4.69) is 40.3 Å². The van der Waals surface area contributed by atoms with E-state index in [4.69, 9.17) is 4.74 Å². The van der Waals surface area contributed by atoms with Crippen LogP contribution in [0.15, 0.2) is 54.7 Å². The molecule has 1 aliphatic heterocycles. The van der Waals surface area contributed by atoms with Crippen LogP contribution in [0.25, 0.3) is 0 Å². The maximum absolute atomic E-state index is 13.2. The molecule has 0 saturated carbocycles. The van der Waals surface area contributed by atoms with Crippen molar-refractivity contribution in [2.75, 3.05) is 18.1 Å². The van der Waals surface area contributed by atoms with Gasteiger partial charge in [0, 0.05) is 12.2 Å². The molecule has 0 spiro atoms. The summed E-state index contributed by atoms with van der Waals surface area (Å²) in [6, 6.07) is 14.8. The van der Waals surface area contributed by atoms with E-state index in [0.29, 0.717) is 13.2 Å². The highest BCUT2D eigenvalue weighted by Crippen LogP contribution is 2.31. The minimum Gasteiger partial charge on any atom is -0.350 e. The van der Waals surface area contributed by atoms with Crippen molar-refractivity contribution in [1.29, 1.82) is 0 Å². The van der Waals surface area contributed by atoms with Crippen LogP contribution >= 0.6 is 0 Å². The summed E-state index contributed by atoms with van der Waals surface area (Å²) in [6.45, 7) is 4.08. The molecule has 25 heavy (non-hydrogen) atoms. The van der Waals surface area contributed by atoms with Crippen LogP contribution in [0.5, 0.6) is 0 Å². The van der Waals surface area contributed by atoms with E-state index in [1.165, 1.54) is 23.3 Å². The number of anilines is 1. The van der Waals surface area contributed by atoms with Gasteiger partial charge in [0.1, 0.15) is 11.5 Å². The summed E-state index contributed by atoms with van der Waals surface area (Å²) in [6.07, 6.45) is 1.62. The van der Waals surface area contributed by atoms with Crippen LogP contribution in [-0.2, 0) is 11.3 Å². The second kappa shape index (κ2) is 6.64. The zero-order valence-corrected chi connectivity index (χ0v) is 14.0. The van der Waals surface area contributed by atoms with E-state index in [-0.39, 0.29) is 12.0 Å². The van der Waals surface area contributed by atoms with Crippen LogP contribution in [0.4, 0.5) is 10.1 Å². The fourth-order valence-electron chi connectivity index (χ4n) is 3.11. The molecular formula is C19H19FN4O. The largest absolute Gasteiger partial charge is 0.350 e. The van der Waals surface area contributed by atoms with Gasteiger partial charge >= 0.3 is 0 Å². The molecule has 1 aliphatic rings. The summed E-state index contributed by atoms with van der Waals surface area (Å²) in [7, 11) is 0. The van der Waals surface area contributed by atoms with Gasteiger partial charge in [-0.15, -0.1) is 5.10 Å². The van der Waals surface area contributed by atoms with Gasteiger partial charge in [-0.3, -0.25) is 0 Å². The Morgan fingerprint density at radius 3 is 2.84 bits per heavy atom. The van der Waals surface area contributed by atoms with Gasteiger partial charge in [-0.25, -0.2) is 9.07 Å². The maximum Gasteiger partial charge on any atom is 0.177 e. The van der Waals surface area contributed by atoms with Crippen molar-refractivity contribution in [3.8, 4) is 0 Å². The van der Waals surface area contributed by atoms with Crippen LogP contribution in [0.2, 0.25) is 0 Å². The van der Waals surface area contributed by atoms with E-state index >= 15 is 0 Å². The number of halogens is 1. The Morgan fingerprint density at radius 1 is 1.20 bits per heavy atom. The van der Waals surface area contributed by atoms with Gasteiger partial charge in [0.15, 0.2) is 6.23 Å². The summed E-state index contributed by atoms with van der Waals surface area (Å²) in [4.78, 5) is 2.07. The van der Waals surface area contributed by atoms with Crippen LogP contribution < -0.4 is 4.90 Å². The van der Waals surface area contributed by atoms with Gasteiger partial charge in [-0.05, 0) is 36.8 Å².